The minimum atomic E-state index is -0.727. The molecule has 2 amide bonds. The van der Waals surface area contributed by atoms with E-state index in [4.69, 9.17) is 5.26 Å². The molecule has 0 rings (SSSR count). The molecular formula is C8H13N3O2S. The van der Waals surface area contributed by atoms with E-state index < -0.39 is 11.8 Å². The number of hydrogen-bond donors (Lipinski definition) is 1. The van der Waals surface area contributed by atoms with Crippen LogP contribution in [0.25, 0.3) is 0 Å². The summed E-state index contributed by atoms with van der Waals surface area (Å²) in [5.41, 5.74) is 0. The van der Waals surface area contributed by atoms with Gasteiger partial charge in [-0.15, -0.1) is 0 Å². The number of thioether (sulfide) groups is 1. The van der Waals surface area contributed by atoms with Crippen molar-refractivity contribution in [1.82, 2.24) is 10.2 Å². The zero-order chi connectivity index (χ0) is 11.0. The van der Waals surface area contributed by atoms with Crippen LogP contribution in [0.1, 0.15) is 0 Å². The summed E-state index contributed by atoms with van der Waals surface area (Å²) in [6.45, 7) is 0.390. The van der Waals surface area contributed by atoms with Crippen LogP contribution in [0, 0.1) is 11.3 Å². The molecule has 0 aliphatic heterocycles. The minimum Gasteiger partial charge on any atom is -0.337 e. The number of nitrogens with one attached hydrogen (secondary N) is 1. The maximum absolute atomic E-state index is 11.2. The third-order valence-electron chi connectivity index (χ3n) is 1.50. The third-order valence-corrected chi connectivity index (χ3v) is 2.09. The topological polar surface area (TPSA) is 73.2 Å². The van der Waals surface area contributed by atoms with Crippen LogP contribution in [-0.4, -0.2) is 48.9 Å². The van der Waals surface area contributed by atoms with E-state index in [0.717, 1.165) is 5.75 Å². The Morgan fingerprint density at radius 3 is 2.71 bits per heavy atom. The first kappa shape index (κ1) is 12.8. The van der Waals surface area contributed by atoms with Crippen LogP contribution >= 0.6 is 11.8 Å². The van der Waals surface area contributed by atoms with E-state index in [1.54, 1.807) is 24.9 Å². The van der Waals surface area contributed by atoms with Gasteiger partial charge in [0.2, 0.25) is 0 Å². The average Bonchev–Trinajstić information content (AvgIpc) is 2.21. The lowest BCUT2D eigenvalue weighted by atomic mass is 10.4. The Morgan fingerprint density at radius 1 is 1.57 bits per heavy atom. The van der Waals surface area contributed by atoms with E-state index in [-0.39, 0.29) is 6.54 Å². The van der Waals surface area contributed by atoms with Crippen molar-refractivity contribution >= 4 is 23.6 Å². The van der Waals surface area contributed by atoms with Crippen LogP contribution in [0.2, 0.25) is 0 Å². The fourth-order valence-electron chi connectivity index (χ4n) is 0.699. The number of nitrogens with zero attached hydrogens (tertiary/aromatic N) is 2. The summed E-state index contributed by atoms with van der Waals surface area (Å²) in [4.78, 5) is 23.6. The summed E-state index contributed by atoms with van der Waals surface area (Å²) in [6, 6.07) is 1.73. The SMILES string of the molecule is CSCCN(C)C(=O)C(=O)NCC#N. The summed E-state index contributed by atoms with van der Waals surface area (Å²) in [5.74, 6) is -0.544. The van der Waals surface area contributed by atoms with Crippen molar-refractivity contribution in [3.8, 4) is 6.07 Å². The summed E-state index contributed by atoms with van der Waals surface area (Å²) in [6.07, 6.45) is 1.92. The van der Waals surface area contributed by atoms with Gasteiger partial charge in [0, 0.05) is 19.3 Å². The summed E-state index contributed by atoms with van der Waals surface area (Å²) in [5, 5.41) is 10.4. The molecule has 0 atom stereocenters. The van der Waals surface area contributed by atoms with Crippen LogP contribution < -0.4 is 5.32 Å². The first-order valence-electron chi connectivity index (χ1n) is 4.02. The molecule has 0 aliphatic rings. The highest BCUT2D eigenvalue weighted by Crippen LogP contribution is 1.93. The molecule has 14 heavy (non-hydrogen) atoms. The Labute approximate surface area is 87.4 Å². The largest absolute Gasteiger partial charge is 0.337 e. The van der Waals surface area contributed by atoms with E-state index in [1.807, 2.05) is 6.26 Å². The summed E-state index contributed by atoms with van der Waals surface area (Å²) < 4.78 is 0. The van der Waals surface area contributed by atoms with Gasteiger partial charge in [-0.05, 0) is 6.26 Å². The van der Waals surface area contributed by atoms with Crippen molar-refractivity contribution in [2.45, 2.75) is 0 Å². The maximum Gasteiger partial charge on any atom is 0.311 e. The van der Waals surface area contributed by atoms with Gasteiger partial charge in [0.15, 0.2) is 0 Å². The van der Waals surface area contributed by atoms with E-state index in [1.165, 1.54) is 4.90 Å². The maximum atomic E-state index is 11.2. The molecule has 0 unspecified atom stereocenters. The van der Waals surface area contributed by atoms with Gasteiger partial charge >= 0.3 is 11.8 Å². The molecule has 0 aromatic heterocycles. The summed E-state index contributed by atoms with van der Waals surface area (Å²) >= 11 is 1.60. The Bertz CT molecular complexity index is 249. The predicted octanol–water partition coefficient (Wildman–Crippen LogP) is -0.552. The highest BCUT2D eigenvalue weighted by molar-refractivity contribution is 7.98. The first-order chi connectivity index (χ1) is 6.63. The van der Waals surface area contributed by atoms with Crippen LogP contribution in [-0.2, 0) is 9.59 Å². The average molecular weight is 215 g/mol. The second-order valence-corrected chi connectivity index (χ2v) is 3.55. The number of rotatable bonds is 4. The number of amides is 2. The molecule has 5 nitrogen and oxygen atoms in total. The van der Waals surface area contributed by atoms with Crippen molar-refractivity contribution < 1.29 is 9.59 Å². The zero-order valence-corrected chi connectivity index (χ0v) is 9.06. The van der Waals surface area contributed by atoms with Crippen molar-refractivity contribution in [2.24, 2.45) is 0 Å². The Balaban J connectivity index is 3.92. The molecule has 0 spiro atoms. The first-order valence-corrected chi connectivity index (χ1v) is 5.42. The Morgan fingerprint density at radius 2 is 2.21 bits per heavy atom. The van der Waals surface area contributed by atoms with Crippen LogP contribution in [0.3, 0.4) is 0 Å². The van der Waals surface area contributed by atoms with Gasteiger partial charge < -0.3 is 10.2 Å². The van der Waals surface area contributed by atoms with Gasteiger partial charge in [-0.2, -0.15) is 17.0 Å². The molecule has 0 saturated carbocycles. The molecule has 6 heteroatoms. The highest BCUT2D eigenvalue weighted by atomic mass is 32.2. The molecule has 0 heterocycles. The van der Waals surface area contributed by atoms with E-state index >= 15 is 0 Å². The number of likely N-dealkylation sites (N-methyl/N-ethyl adjacent to an activating group) is 1. The van der Waals surface area contributed by atoms with Gasteiger partial charge in [-0.25, -0.2) is 0 Å². The smallest absolute Gasteiger partial charge is 0.311 e. The molecule has 0 aromatic rings. The van der Waals surface area contributed by atoms with Crippen molar-refractivity contribution in [1.29, 1.82) is 5.26 Å². The number of hydrogen-bond acceptors (Lipinski definition) is 4. The lowest BCUT2D eigenvalue weighted by Crippen LogP contribution is -2.41. The monoisotopic (exact) mass is 215 g/mol. The fraction of sp³-hybridized carbons (Fsp3) is 0.625. The van der Waals surface area contributed by atoms with Gasteiger partial charge in [0.1, 0.15) is 6.54 Å². The Hall–Kier alpha value is -1.22. The molecule has 0 aliphatic carbocycles. The molecule has 0 fully saturated rings. The molecule has 1 N–H and O–H groups in total. The second kappa shape index (κ2) is 7.21. The molecule has 78 valence electrons. The van der Waals surface area contributed by atoms with Gasteiger partial charge in [0.05, 0.1) is 6.07 Å². The van der Waals surface area contributed by atoms with Crippen molar-refractivity contribution in [3.05, 3.63) is 0 Å². The molecule has 0 bridgehead atoms. The molecule has 0 radical (unpaired) electrons. The standard InChI is InChI=1S/C8H13N3O2S/c1-11(5-6-14-2)8(13)7(12)10-4-3-9/h4-6H2,1-2H3,(H,10,12). The molecule has 0 saturated heterocycles. The van der Waals surface area contributed by atoms with Crippen molar-refractivity contribution in [2.75, 3.05) is 32.1 Å². The predicted molar refractivity (Wildman–Crippen MR) is 54.6 cm³/mol. The molecular weight excluding hydrogens is 202 g/mol. The van der Waals surface area contributed by atoms with Crippen LogP contribution in [0.4, 0.5) is 0 Å². The van der Waals surface area contributed by atoms with Gasteiger partial charge in [0.25, 0.3) is 0 Å². The lowest BCUT2D eigenvalue weighted by Gasteiger charge is -2.14. The van der Waals surface area contributed by atoms with E-state index in [9.17, 15) is 9.59 Å². The van der Waals surface area contributed by atoms with Crippen LogP contribution in [0.5, 0.6) is 0 Å². The van der Waals surface area contributed by atoms with Crippen molar-refractivity contribution in [3.63, 3.8) is 0 Å². The van der Waals surface area contributed by atoms with Crippen LogP contribution in [0.15, 0.2) is 0 Å². The van der Waals surface area contributed by atoms with Gasteiger partial charge in [-0.1, -0.05) is 0 Å². The number of carbonyl (C=O) groups excluding carboxylic acids is 2. The number of nitriles is 1. The van der Waals surface area contributed by atoms with E-state index in [2.05, 4.69) is 5.32 Å². The zero-order valence-electron chi connectivity index (χ0n) is 8.24. The lowest BCUT2D eigenvalue weighted by molar-refractivity contribution is -0.144. The third kappa shape index (κ3) is 4.72. The second-order valence-electron chi connectivity index (χ2n) is 2.56. The highest BCUT2D eigenvalue weighted by Gasteiger charge is 2.16. The minimum absolute atomic E-state index is 0.138. The fourth-order valence-corrected chi connectivity index (χ4v) is 1.15. The van der Waals surface area contributed by atoms with E-state index in [0.29, 0.717) is 6.54 Å². The molecule has 0 aromatic carbocycles. The van der Waals surface area contributed by atoms with Gasteiger partial charge in [-0.3, -0.25) is 9.59 Å². The summed E-state index contributed by atoms with van der Waals surface area (Å²) in [7, 11) is 1.56. The quantitative estimate of drug-likeness (QED) is 0.504. The number of carbonyl (C=O) groups is 2. The normalized spacial score (nSPS) is 8.93. The Kier molecular flexibility index (Phi) is 6.58.